The minimum atomic E-state index is -1.59. The molecule has 1 aromatic heterocycles. The van der Waals surface area contributed by atoms with Crippen LogP contribution in [0.3, 0.4) is 0 Å². The maximum Gasteiger partial charge on any atom is 0.330 e. The van der Waals surface area contributed by atoms with Crippen LogP contribution in [0.15, 0.2) is 15.8 Å². The first-order valence-corrected chi connectivity index (χ1v) is 11.3. The number of aromatic amines is 1. The maximum absolute atomic E-state index is 12.1. The molecule has 2 heterocycles. The van der Waals surface area contributed by atoms with Crippen molar-refractivity contribution in [1.82, 2.24) is 9.55 Å². The standard InChI is InChI=1S/C16H24N2O3Si/c1-6-13-11(2)9-14(21-13)18-10-12(7-8-22(3,4)5)15(19)17-16(18)20/h10-11,13-14H,6,9H2,1-5H3,(H,17,19,20)/i7+1,8+1. The molecule has 0 amide bonds. The molecular weight excluding hydrogens is 298 g/mol. The summed E-state index contributed by atoms with van der Waals surface area (Å²) in [6, 6.07) is 0. The minimum Gasteiger partial charge on any atom is -0.354 e. The SMILES string of the molecule is CCC1OC(n2cc([13C]#[13C][Si](C)(C)C)c(=O)[nH]c2=O)CC1C. The number of hydrogen-bond acceptors (Lipinski definition) is 3. The monoisotopic (exact) mass is 322 g/mol. The van der Waals surface area contributed by atoms with Crippen molar-refractivity contribution >= 4 is 8.07 Å². The lowest BCUT2D eigenvalue weighted by Crippen LogP contribution is -2.33. The van der Waals surface area contributed by atoms with Crippen molar-refractivity contribution in [2.75, 3.05) is 0 Å². The number of rotatable bonds is 2. The molecule has 0 bridgehead atoms. The first-order chi connectivity index (χ1) is 10.2. The number of H-pyrrole nitrogens is 1. The van der Waals surface area contributed by atoms with Gasteiger partial charge in [0.05, 0.1) is 6.10 Å². The molecule has 1 N–H and O–H groups in total. The third-order valence-electron chi connectivity index (χ3n) is 3.79. The van der Waals surface area contributed by atoms with Crippen LogP contribution in [-0.2, 0) is 4.74 Å². The molecule has 0 radical (unpaired) electrons. The molecule has 0 saturated carbocycles. The van der Waals surface area contributed by atoms with Crippen LogP contribution in [0.5, 0.6) is 0 Å². The summed E-state index contributed by atoms with van der Waals surface area (Å²) in [5.74, 6) is 3.33. The van der Waals surface area contributed by atoms with Crippen LogP contribution < -0.4 is 11.2 Å². The number of aromatic nitrogens is 2. The number of nitrogens with one attached hydrogen (secondary N) is 1. The Morgan fingerprint density at radius 2 is 2.09 bits per heavy atom. The third-order valence-corrected chi connectivity index (χ3v) is 4.67. The fourth-order valence-electron chi connectivity index (χ4n) is 2.58. The fourth-order valence-corrected chi connectivity index (χ4v) is 3.09. The van der Waals surface area contributed by atoms with E-state index < -0.39 is 19.3 Å². The third kappa shape index (κ3) is 3.79. The average molecular weight is 322 g/mol. The van der Waals surface area contributed by atoms with Crippen molar-refractivity contribution in [2.45, 2.75) is 58.7 Å². The van der Waals surface area contributed by atoms with Crippen molar-refractivity contribution in [3.05, 3.63) is 32.6 Å². The highest BCUT2D eigenvalue weighted by Gasteiger charge is 2.32. The van der Waals surface area contributed by atoms with Crippen LogP contribution in [0.25, 0.3) is 0 Å². The van der Waals surface area contributed by atoms with Crippen molar-refractivity contribution in [3.63, 3.8) is 0 Å². The van der Waals surface area contributed by atoms with Crippen molar-refractivity contribution in [3.8, 4) is 11.5 Å². The first kappa shape index (κ1) is 16.8. The van der Waals surface area contributed by atoms with Gasteiger partial charge in [-0.05, 0) is 18.8 Å². The molecule has 1 aromatic rings. The molecule has 1 fully saturated rings. The molecule has 3 atom stereocenters. The summed E-state index contributed by atoms with van der Waals surface area (Å²) in [7, 11) is -1.59. The van der Waals surface area contributed by atoms with Gasteiger partial charge in [0.15, 0.2) is 0 Å². The van der Waals surface area contributed by atoms with Gasteiger partial charge in [-0.3, -0.25) is 14.3 Å². The van der Waals surface area contributed by atoms with E-state index in [4.69, 9.17) is 4.74 Å². The normalized spacial score (nSPS) is 24.9. The Balaban J connectivity index is 2.39. The van der Waals surface area contributed by atoms with E-state index in [9.17, 15) is 9.59 Å². The summed E-state index contributed by atoms with van der Waals surface area (Å²) in [5.41, 5.74) is 2.63. The van der Waals surface area contributed by atoms with Gasteiger partial charge in [0, 0.05) is 6.20 Å². The summed E-state index contributed by atoms with van der Waals surface area (Å²) in [4.78, 5) is 26.3. The van der Waals surface area contributed by atoms with Crippen LogP contribution in [-0.4, -0.2) is 23.7 Å². The number of ether oxygens (including phenoxy) is 1. The van der Waals surface area contributed by atoms with Gasteiger partial charge in [0.2, 0.25) is 0 Å². The van der Waals surface area contributed by atoms with E-state index in [0.717, 1.165) is 12.8 Å². The summed E-state index contributed by atoms with van der Waals surface area (Å²) in [5, 5.41) is 0. The smallest absolute Gasteiger partial charge is 0.330 e. The van der Waals surface area contributed by atoms with Gasteiger partial charge in [0.25, 0.3) is 5.56 Å². The zero-order valence-electron chi connectivity index (χ0n) is 13.9. The number of hydrogen-bond donors (Lipinski definition) is 1. The van der Waals surface area contributed by atoms with Crippen molar-refractivity contribution in [1.29, 1.82) is 0 Å². The van der Waals surface area contributed by atoms with E-state index in [-0.39, 0.29) is 12.3 Å². The second kappa shape index (κ2) is 6.27. The van der Waals surface area contributed by atoms with E-state index in [1.54, 1.807) is 6.20 Å². The molecule has 0 aromatic carbocycles. The van der Waals surface area contributed by atoms with E-state index >= 15 is 0 Å². The van der Waals surface area contributed by atoms with Crippen molar-refractivity contribution in [2.24, 2.45) is 5.92 Å². The Morgan fingerprint density at radius 1 is 1.41 bits per heavy atom. The zero-order chi connectivity index (χ0) is 16.5. The summed E-state index contributed by atoms with van der Waals surface area (Å²) in [6.45, 7) is 10.5. The largest absolute Gasteiger partial charge is 0.354 e. The molecule has 0 spiro atoms. The zero-order valence-corrected chi connectivity index (χ0v) is 14.9. The maximum atomic E-state index is 12.1. The quantitative estimate of drug-likeness (QED) is 0.515. The second-order valence-corrected chi connectivity index (χ2v) is 11.7. The molecule has 3 unspecified atom stereocenters. The molecule has 120 valence electrons. The van der Waals surface area contributed by atoms with Crippen LogP contribution in [0.1, 0.15) is 38.5 Å². The van der Waals surface area contributed by atoms with Crippen LogP contribution in [0.4, 0.5) is 0 Å². The molecule has 1 aliphatic rings. The number of nitrogens with zero attached hydrogens (tertiary/aromatic N) is 1. The Kier molecular flexibility index (Phi) is 4.78. The lowest BCUT2D eigenvalue weighted by molar-refractivity contribution is -0.00762. The van der Waals surface area contributed by atoms with Crippen LogP contribution in [0, 0.1) is 17.4 Å². The minimum absolute atomic E-state index is 0.153. The predicted octanol–water partition coefficient (Wildman–Crippen LogP) is 2.10. The summed E-state index contributed by atoms with van der Waals surface area (Å²) < 4.78 is 7.41. The Hall–Kier alpha value is -1.58. The first-order valence-electron chi connectivity index (χ1n) is 7.75. The van der Waals surface area contributed by atoms with Gasteiger partial charge in [-0.25, -0.2) is 4.79 Å². The van der Waals surface area contributed by atoms with Crippen LogP contribution >= 0.6 is 0 Å². The molecule has 22 heavy (non-hydrogen) atoms. The van der Waals surface area contributed by atoms with Gasteiger partial charge >= 0.3 is 5.69 Å². The molecule has 0 aliphatic carbocycles. The molecular formula is C16H24N2O3Si. The second-order valence-electron chi connectivity index (χ2n) is 6.96. The van der Waals surface area contributed by atoms with E-state index in [1.807, 2.05) is 0 Å². The highest BCUT2D eigenvalue weighted by Crippen LogP contribution is 2.33. The van der Waals surface area contributed by atoms with E-state index in [2.05, 4.69) is 49.9 Å². The van der Waals surface area contributed by atoms with E-state index in [0.29, 0.717) is 11.5 Å². The van der Waals surface area contributed by atoms with E-state index in [1.165, 1.54) is 4.57 Å². The van der Waals surface area contributed by atoms with Gasteiger partial charge < -0.3 is 4.74 Å². The highest BCUT2D eigenvalue weighted by atomic mass is 28.3. The lowest BCUT2D eigenvalue weighted by Gasteiger charge is -2.15. The van der Waals surface area contributed by atoms with Gasteiger partial charge in [-0.2, -0.15) is 0 Å². The molecule has 2 rings (SSSR count). The highest BCUT2D eigenvalue weighted by molar-refractivity contribution is 6.83. The Morgan fingerprint density at radius 3 is 2.64 bits per heavy atom. The van der Waals surface area contributed by atoms with Crippen LogP contribution in [0.2, 0.25) is 19.6 Å². The summed E-state index contributed by atoms with van der Waals surface area (Å²) >= 11 is 0. The molecule has 6 heteroatoms. The predicted molar refractivity (Wildman–Crippen MR) is 89.5 cm³/mol. The van der Waals surface area contributed by atoms with Gasteiger partial charge in [0.1, 0.15) is 19.9 Å². The van der Waals surface area contributed by atoms with Gasteiger partial charge in [-0.1, -0.05) is 39.4 Å². The Labute approximate surface area is 131 Å². The van der Waals surface area contributed by atoms with Crippen molar-refractivity contribution < 1.29 is 4.74 Å². The average Bonchev–Trinajstić information content (AvgIpc) is 2.77. The Bertz CT molecular complexity index is 718. The lowest BCUT2D eigenvalue weighted by atomic mass is 10.0. The summed E-state index contributed by atoms with van der Waals surface area (Å²) in [6.07, 6.45) is 3.06. The molecule has 1 aliphatic heterocycles. The topological polar surface area (TPSA) is 64.1 Å². The molecule has 5 nitrogen and oxygen atoms in total. The van der Waals surface area contributed by atoms with Gasteiger partial charge in [-0.15, -0.1) is 5.54 Å². The fraction of sp³-hybridized carbons (Fsp3) is 0.625. The molecule has 1 saturated heterocycles.